The minimum Gasteiger partial charge on any atom is -0.491 e. The van der Waals surface area contributed by atoms with E-state index in [9.17, 15) is 0 Å². The Bertz CT molecular complexity index is 337. The lowest BCUT2D eigenvalue weighted by atomic mass is 10.2. The van der Waals surface area contributed by atoms with E-state index in [2.05, 4.69) is 30.7 Å². The highest BCUT2D eigenvalue weighted by molar-refractivity contribution is 5.29. The van der Waals surface area contributed by atoms with Crippen LogP contribution in [-0.4, -0.2) is 18.1 Å². The van der Waals surface area contributed by atoms with Crippen molar-refractivity contribution in [3.05, 3.63) is 36.7 Å². The van der Waals surface area contributed by atoms with Gasteiger partial charge in [-0.2, -0.15) is 0 Å². The zero-order valence-corrected chi connectivity index (χ0v) is 10.8. The van der Waals surface area contributed by atoms with Gasteiger partial charge in [-0.15, -0.1) is 6.58 Å². The second-order valence-corrected chi connectivity index (χ2v) is 4.43. The van der Waals surface area contributed by atoms with Crippen molar-refractivity contribution in [2.24, 2.45) is 5.92 Å². The molecule has 3 heteroatoms. The quantitative estimate of drug-likeness (QED) is 0.555. The largest absolute Gasteiger partial charge is 0.491 e. The Balaban J connectivity index is 2.48. The van der Waals surface area contributed by atoms with Crippen LogP contribution in [0.15, 0.2) is 31.1 Å². The number of aromatic nitrogens is 1. The van der Waals surface area contributed by atoms with Crippen LogP contribution in [0.5, 0.6) is 5.75 Å². The van der Waals surface area contributed by atoms with Crippen molar-refractivity contribution < 1.29 is 4.74 Å². The average molecular weight is 234 g/mol. The fourth-order valence-electron chi connectivity index (χ4n) is 1.43. The summed E-state index contributed by atoms with van der Waals surface area (Å²) < 4.78 is 5.66. The molecular weight excluding hydrogens is 212 g/mol. The molecule has 0 amide bonds. The zero-order valence-electron chi connectivity index (χ0n) is 10.8. The molecule has 0 saturated carbocycles. The second-order valence-electron chi connectivity index (χ2n) is 4.43. The van der Waals surface area contributed by atoms with Gasteiger partial charge in [0.05, 0.1) is 12.8 Å². The molecular formula is C14H22N2O. The summed E-state index contributed by atoms with van der Waals surface area (Å²) in [5.41, 5.74) is 1.16. The Labute approximate surface area is 104 Å². The van der Waals surface area contributed by atoms with Gasteiger partial charge < -0.3 is 10.1 Å². The molecule has 1 aromatic heterocycles. The van der Waals surface area contributed by atoms with Crippen LogP contribution < -0.4 is 10.1 Å². The monoisotopic (exact) mass is 234 g/mol. The van der Waals surface area contributed by atoms with Crippen molar-refractivity contribution in [1.82, 2.24) is 10.3 Å². The van der Waals surface area contributed by atoms with Crippen molar-refractivity contribution >= 4 is 0 Å². The van der Waals surface area contributed by atoms with Gasteiger partial charge in [-0.1, -0.05) is 19.9 Å². The summed E-state index contributed by atoms with van der Waals surface area (Å²) in [4.78, 5) is 4.09. The van der Waals surface area contributed by atoms with Gasteiger partial charge in [0.2, 0.25) is 0 Å². The van der Waals surface area contributed by atoms with Gasteiger partial charge in [0.1, 0.15) is 5.75 Å². The van der Waals surface area contributed by atoms with E-state index >= 15 is 0 Å². The molecule has 94 valence electrons. The molecule has 0 aliphatic rings. The molecule has 0 spiro atoms. The van der Waals surface area contributed by atoms with E-state index in [1.807, 2.05) is 12.1 Å². The molecule has 1 heterocycles. The predicted molar refractivity (Wildman–Crippen MR) is 71.1 cm³/mol. The van der Waals surface area contributed by atoms with Crippen molar-refractivity contribution in [2.75, 3.05) is 13.2 Å². The van der Waals surface area contributed by atoms with E-state index < -0.39 is 0 Å². The van der Waals surface area contributed by atoms with Crippen LogP contribution in [0.3, 0.4) is 0 Å². The van der Waals surface area contributed by atoms with Crippen molar-refractivity contribution in [3.63, 3.8) is 0 Å². The van der Waals surface area contributed by atoms with Crippen LogP contribution >= 0.6 is 0 Å². The van der Waals surface area contributed by atoms with Crippen LogP contribution in [-0.2, 0) is 6.54 Å². The van der Waals surface area contributed by atoms with E-state index in [1.165, 1.54) is 0 Å². The first-order valence-electron chi connectivity index (χ1n) is 6.11. The lowest BCUT2D eigenvalue weighted by molar-refractivity contribution is 0.319. The summed E-state index contributed by atoms with van der Waals surface area (Å²) in [6, 6.07) is 2.00. The Hall–Kier alpha value is -1.35. The molecule has 1 aromatic rings. The predicted octanol–water partition coefficient (Wildman–Crippen LogP) is 2.78. The summed E-state index contributed by atoms with van der Waals surface area (Å²) >= 11 is 0. The van der Waals surface area contributed by atoms with Gasteiger partial charge in [0, 0.05) is 18.3 Å². The lowest BCUT2D eigenvalue weighted by Crippen LogP contribution is -2.19. The first-order chi connectivity index (χ1) is 8.24. The summed E-state index contributed by atoms with van der Waals surface area (Å²) in [5, 5.41) is 3.40. The Morgan fingerprint density at radius 1 is 1.53 bits per heavy atom. The van der Waals surface area contributed by atoms with E-state index in [0.717, 1.165) is 30.8 Å². The summed E-state index contributed by atoms with van der Waals surface area (Å²) in [6.07, 6.45) is 6.28. The van der Waals surface area contributed by atoms with E-state index in [4.69, 9.17) is 4.74 Å². The number of pyridine rings is 1. The number of rotatable bonds is 8. The summed E-state index contributed by atoms with van der Waals surface area (Å²) in [7, 11) is 0. The SMILES string of the molecule is C=CCCOc1cnccc1CNCC(C)C. The van der Waals surface area contributed by atoms with Gasteiger partial charge >= 0.3 is 0 Å². The highest BCUT2D eigenvalue weighted by Gasteiger charge is 2.03. The van der Waals surface area contributed by atoms with Crippen LogP contribution in [0.1, 0.15) is 25.8 Å². The van der Waals surface area contributed by atoms with Crippen LogP contribution in [0.25, 0.3) is 0 Å². The lowest BCUT2D eigenvalue weighted by Gasteiger charge is -2.12. The molecule has 0 radical (unpaired) electrons. The molecule has 0 aromatic carbocycles. The van der Waals surface area contributed by atoms with Crippen LogP contribution in [0.2, 0.25) is 0 Å². The van der Waals surface area contributed by atoms with E-state index in [-0.39, 0.29) is 0 Å². The van der Waals surface area contributed by atoms with Gasteiger partial charge in [-0.05, 0) is 24.9 Å². The Morgan fingerprint density at radius 3 is 3.06 bits per heavy atom. The Morgan fingerprint density at radius 2 is 2.35 bits per heavy atom. The minimum absolute atomic E-state index is 0.655. The van der Waals surface area contributed by atoms with Crippen LogP contribution in [0.4, 0.5) is 0 Å². The van der Waals surface area contributed by atoms with Crippen molar-refractivity contribution in [1.29, 1.82) is 0 Å². The molecule has 0 aliphatic carbocycles. The summed E-state index contributed by atoms with van der Waals surface area (Å²) in [5.74, 6) is 1.52. The molecule has 1 rings (SSSR count). The third-order valence-corrected chi connectivity index (χ3v) is 2.32. The number of nitrogens with zero attached hydrogens (tertiary/aromatic N) is 1. The average Bonchev–Trinajstić information content (AvgIpc) is 2.31. The molecule has 3 nitrogen and oxygen atoms in total. The fourth-order valence-corrected chi connectivity index (χ4v) is 1.43. The molecule has 1 N–H and O–H groups in total. The van der Waals surface area contributed by atoms with Crippen LogP contribution in [0, 0.1) is 5.92 Å². The first-order valence-corrected chi connectivity index (χ1v) is 6.11. The number of hydrogen-bond donors (Lipinski definition) is 1. The third kappa shape index (κ3) is 5.50. The topological polar surface area (TPSA) is 34.1 Å². The summed E-state index contributed by atoms with van der Waals surface area (Å²) in [6.45, 7) is 10.6. The maximum atomic E-state index is 5.66. The molecule has 0 aliphatic heterocycles. The standard InChI is InChI=1S/C14H22N2O/c1-4-5-8-17-14-11-15-7-6-13(14)10-16-9-12(2)3/h4,6-7,11-12,16H,1,5,8-10H2,2-3H3. The van der Waals surface area contributed by atoms with Gasteiger partial charge in [0.25, 0.3) is 0 Å². The molecule has 0 unspecified atom stereocenters. The van der Waals surface area contributed by atoms with Gasteiger partial charge in [-0.3, -0.25) is 4.98 Å². The molecule has 0 fully saturated rings. The third-order valence-electron chi connectivity index (χ3n) is 2.32. The molecule has 17 heavy (non-hydrogen) atoms. The maximum absolute atomic E-state index is 5.66. The molecule has 0 atom stereocenters. The number of hydrogen-bond acceptors (Lipinski definition) is 3. The van der Waals surface area contributed by atoms with E-state index in [1.54, 1.807) is 12.4 Å². The van der Waals surface area contributed by atoms with E-state index in [0.29, 0.717) is 12.5 Å². The Kier molecular flexibility index (Phi) is 6.33. The smallest absolute Gasteiger partial charge is 0.142 e. The second kappa shape index (κ2) is 7.85. The molecule has 0 saturated heterocycles. The van der Waals surface area contributed by atoms with Gasteiger partial charge in [0.15, 0.2) is 0 Å². The normalized spacial score (nSPS) is 10.5. The zero-order chi connectivity index (χ0) is 12.5. The van der Waals surface area contributed by atoms with Crippen molar-refractivity contribution in [2.45, 2.75) is 26.8 Å². The highest BCUT2D eigenvalue weighted by Crippen LogP contribution is 2.16. The minimum atomic E-state index is 0.655. The molecule has 0 bridgehead atoms. The van der Waals surface area contributed by atoms with Crippen molar-refractivity contribution in [3.8, 4) is 5.75 Å². The first kappa shape index (κ1) is 13.7. The van der Waals surface area contributed by atoms with Gasteiger partial charge in [-0.25, -0.2) is 0 Å². The number of ether oxygens (including phenoxy) is 1. The number of nitrogens with one attached hydrogen (secondary N) is 1. The fraction of sp³-hybridized carbons (Fsp3) is 0.500. The highest BCUT2D eigenvalue weighted by atomic mass is 16.5. The maximum Gasteiger partial charge on any atom is 0.142 e.